The van der Waals surface area contributed by atoms with Crippen LogP contribution in [0, 0.1) is 11.7 Å². The van der Waals surface area contributed by atoms with E-state index in [9.17, 15) is 23.1 Å². The second-order valence-corrected chi connectivity index (χ2v) is 9.56. The molecule has 0 spiro atoms. The van der Waals surface area contributed by atoms with Crippen molar-refractivity contribution >= 4 is 23.0 Å². The highest BCUT2D eigenvalue weighted by molar-refractivity contribution is 5.92. The largest absolute Gasteiger partial charge is 0.497 e. The lowest BCUT2D eigenvalue weighted by atomic mass is 9.80. The van der Waals surface area contributed by atoms with Crippen molar-refractivity contribution in [2.45, 2.75) is 44.9 Å². The van der Waals surface area contributed by atoms with E-state index in [0.717, 1.165) is 31.4 Å². The Labute approximate surface area is 220 Å². The summed E-state index contributed by atoms with van der Waals surface area (Å²) in [7, 11) is 1.40. The van der Waals surface area contributed by atoms with E-state index in [1.54, 1.807) is 10.6 Å². The van der Waals surface area contributed by atoms with Gasteiger partial charge in [0, 0.05) is 18.7 Å². The number of nitrogens with one attached hydrogen (secondary N) is 1. The Hall–Kier alpha value is -4.22. The highest BCUT2D eigenvalue weighted by Gasteiger charge is 2.31. The van der Waals surface area contributed by atoms with Crippen molar-refractivity contribution in [2.24, 2.45) is 5.92 Å². The first kappa shape index (κ1) is 26.4. The fraction of sp³-hybridized carbons (Fsp3) is 0.333. The van der Waals surface area contributed by atoms with Gasteiger partial charge in [-0.15, -0.1) is 0 Å². The molecule has 1 aliphatic carbocycles. The minimum absolute atomic E-state index is 0.00227. The second kappa shape index (κ2) is 10.2. The fourth-order valence-electron chi connectivity index (χ4n) is 4.65. The van der Waals surface area contributed by atoms with Gasteiger partial charge in [0.2, 0.25) is 5.82 Å². The van der Waals surface area contributed by atoms with Gasteiger partial charge in [0.1, 0.15) is 22.9 Å². The SMILES string of the molecule is COc1ccc(-c2nc3nc(C(=O)O)nc(NC(C)C4CCC4)c3n2Cc2ccc(C(F)(F)F)cc2)c(F)c1. The van der Waals surface area contributed by atoms with E-state index in [-0.39, 0.29) is 41.2 Å². The molecule has 0 saturated heterocycles. The van der Waals surface area contributed by atoms with Gasteiger partial charge in [-0.05, 0) is 55.5 Å². The Morgan fingerprint density at radius 1 is 1.15 bits per heavy atom. The molecule has 0 radical (unpaired) electrons. The standard InChI is InChI=1S/C27H25F4N5O3/c1-14(16-4-3-5-16)32-22-21-23(34-24(33-22)26(37)38)35-25(19-11-10-18(39-2)12-20(19)28)36(21)13-15-6-8-17(9-7-15)27(29,30)31/h6-12,14,16H,3-5,13H2,1-2H3,(H,37,38)(H,32,33,34). The maximum atomic E-state index is 15.2. The van der Waals surface area contributed by atoms with E-state index >= 15 is 4.39 Å². The summed E-state index contributed by atoms with van der Waals surface area (Å²) >= 11 is 0. The van der Waals surface area contributed by atoms with Gasteiger partial charge in [-0.1, -0.05) is 18.6 Å². The van der Waals surface area contributed by atoms with Crippen molar-refractivity contribution in [2.75, 3.05) is 12.4 Å². The molecule has 1 saturated carbocycles. The van der Waals surface area contributed by atoms with Gasteiger partial charge in [0.15, 0.2) is 11.5 Å². The molecule has 0 amide bonds. The number of aromatic nitrogens is 4. The summed E-state index contributed by atoms with van der Waals surface area (Å²) in [6.07, 6.45) is -1.36. The molecule has 0 bridgehead atoms. The van der Waals surface area contributed by atoms with Gasteiger partial charge in [-0.3, -0.25) is 0 Å². The van der Waals surface area contributed by atoms with Gasteiger partial charge in [0.25, 0.3) is 0 Å². The summed E-state index contributed by atoms with van der Waals surface area (Å²) in [5.74, 6) is -1.52. The normalized spacial score (nSPS) is 14.7. The van der Waals surface area contributed by atoms with Crippen LogP contribution in [0.25, 0.3) is 22.6 Å². The number of benzene rings is 2. The van der Waals surface area contributed by atoms with Crippen LogP contribution in [-0.2, 0) is 12.7 Å². The fourth-order valence-corrected chi connectivity index (χ4v) is 4.65. The number of nitrogens with zero attached hydrogens (tertiary/aromatic N) is 4. The van der Waals surface area contributed by atoms with E-state index in [0.29, 0.717) is 17.0 Å². The lowest BCUT2D eigenvalue weighted by molar-refractivity contribution is -0.137. The third-order valence-electron chi connectivity index (χ3n) is 7.05. The second-order valence-electron chi connectivity index (χ2n) is 9.56. The number of carbonyl (C=O) groups is 1. The number of halogens is 4. The first-order chi connectivity index (χ1) is 18.5. The Bertz CT molecular complexity index is 1530. The zero-order valence-electron chi connectivity index (χ0n) is 21.1. The Balaban J connectivity index is 1.70. The van der Waals surface area contributed by atoms with Gasteiger partial charge in [-0.25, -0.2) is 24.1 Å². The van der Waals surface area contributed by atoms with Crippen molar-refractivity contribution < 1.29 is 32.2 Å². The smallest absolute Gasteiger partial charge is 0.416 e. The van der Waals surface area contributed by atoms with Gasteiger partial charge < -0.3 is 19.7 Å². The van der Waals surface area contributed by atoms with Crippen LogP contribution in [0.2, 0.25) is 0 Å². The minimum Gasteiger partial charge on any atom is -0.497 e. The molecule has 2 aromatic carbocycles. The van der Waals surface area contributed by atoms with Crippen molar-refractivity contribution in [1.29, 1.82) is 0 Å². The summed E-state index contributed by atoms with van der Waals surface area (Å²) in [6.45, 7) is 1.97. The number of imidazole rings is 1. The number of methoxy groups -OCH3 is 1. The maximum Gasteiger partial charge on any atom is 0.416 e. The Morgan fingerprint density at radius 3 is 2.44 bits per heavy atom. The van der Waals surface area contributed by atoms with Crippen molar-refractivity contribution in [3.63, 3.8) is 0 Å². The molecule has 8 nitrogen and oxygen atoms in total. The highest BCUT2D eigenvalue weighted by Crippen LogP contribution is 2.35. The molecule has 4 aromatic rings. The molecule has 1 unspecified atom stereocenters. The topological polar surface area (TPSA) is 102 Å². The summed E-state index contributed by atoms with van der Waals surface area (Å²) < 4.78 is 61.3. The summed E-state index contributed by atoms with van der Waals surface area (Å²) in [5, 5.41) is 12.9. The quantitative estimate of drug-likeness (QED) is 0.263. The molecule has 2 heterocycles. The van der Waals surface area contributed by atoms with E-state index in [4.69, 9.17) is 4.74 Å². The summed E-state index contributed by atoms with van der Waals surface area (Å²) in [6, 6.07) is 8.76. The molecule has 1 fully saturated rings. The number of carboxylic acids is 1. The molecule has 204 valence electrons. The third kappa shape index (κ3) is 5.23. The number of alkyl halides is 3. The number of rotatable bonds is 8. The van der Waals surface area contributed by atoms with Crippen molar-refractivity contribution in [3.05, 3.63) is 65.2 Å². The molecule has 5 rings (SSSR count). The number of hydrogen-bond acceptors (Lipinski definition) is 6. The number of ether oxygens (including phenoxy) is 1. The van der Waals surface area contributed by atoms with Crippen LogP contribution in [0.15, 0.2) is 42.5 Å². The van der Waals surface area contributed by atoms with Crippen LogP contribution in [0.5, 0.6) is 5.75 Å². The number of aromatic carboxylic acids is 1. The van der Waals surface area contributed by atoms with E-state index in [1.807, 2.05) is 6.92 Å². The summed E-state index contributed by atoms with van der Waals surface area (Å²) in [4.78, 5) is 24.7. The third-order valence-corrected chi connectivity index (χ3v) is 7.05. The average molecular weight is 544 g/mol. The zero-order chi connectivity index (χ0) is 27.9. The lowest BCUT2D eigenvalue weighted by Crippen LogP contribution is -2.31. The molecule has 2 aromatic heterocycles. The van der Waals surface area contributed by atoms with Crippen LogP contribution in [-0.4, -0.2) is 43.7 Å². The summed E-state index contributed by atoms with van der Waals surface area (Å²) in [5.41, 5.74) is 0.0988. The minimum atomic E-state index is -4.49. The number of anilines is 1. The number of hydrogen-bond donors (Lipinski definition) is 2. The van der Waals surface area contributed by atoms with E-state index in [2.05, 4.69) is 20.3 Å². The molecule has 12 heteroatoms. The monoisotopic (exact) mass is 543 g/mol. The zero-order valence-corrected chi connectivity index (χ0v) is 21.1. The van der Waals surface area contributed by atoms with E-state index in [1.165, 1.54) is 31.4 Å². The van der Waals surface area contributed by atoms with Crippen LogP contribution >= 0.6 is 0 Å². The van der Waals surface area contributed by atoms with Crippen molar-refractivity contribution in [1.82, 2.24) is 19.5 Å². The molecular formula is C27H25F4N5O3. The molecule has 0 aliphatic heterocycles. The van der Waals surface area contributed by atoms with Crippen LogP contribution in [0.3, 0.4) is 0 Å². The number of carboxylic acid groups (broad SMARTS) is 1. The number of fused-ring (bicyclic) bond motifs is 1. The van der Waals surface area contributed by atoms with Crippen LogP contribution < -0.4 is 10.1 Å². The Morgan fingerprint density at radius 2 is 1.87 bits per heavy atom. The predicted molar refractivity (Wildman–Crippen MR) is 135 cm³/mol. The maximum absolute atomic E-state index is 15.2. The average Bonchev–Trinajstić information content (AvgIpc) is 3.20. The first-order valence-electron chi connectivity index (χ1n) is 12.3. The van der Waals surface area contributed by atoms with Gasteiger partial charge in [-0.2, -0.15) is 13.2 Å². The molecule has 2 N–H and O–H groups in total. The van der Waals surface area contributed by atoms with Crippen molar-refractivity contribution in [3.8, 4) is 17.1 Å². The molecule has 1 atom stereocenters. The molecule has 1 aliphatic rings. The lowest BCUT2D eigenvalue weighted by Gasteiger charge is -2.32. The molecular weight excluding hydrogens is 518 g/mol. The van der Waals surface area contributed by atoms with Crippen LogP contribution in [0.4, 0.5) is 23.4 Å². The van der Waals surface area contributed by atoms with E-state index < -0.39 is 29.4 Å². The highest BCUT2D eigenvalue weighted by atomic mass is 19.4. The Kier molecular flexibility index (Phi) is 6.87. The molecule has 39 heavy (non-hydrogen) atoms. The van der Waals surface area contributed by atoms with Gasteiger partial charge in [0.05, 0.1) is 18.2 Å². The van der Waals surface area contributed by atoms with Crippen LogP contribution in [0.1, 0.15) is 47.9 Å². The van der Waals surface area contributed by atoms with Gasteiger partial charge >= 0.3 is 12.1 Å². The predicted octanol–water partition coefficient (Wildman–Crippen LogP) is 6.01. The first-order valence-corrected chi connectivity index (χ1v) is 12.3.